The Labute approximate surface area is 128 Å². The van der Waals surface area contributed by atoms with Crippen LogP contribution in [0.1, 0.15) is 5.69 Å². The van der Waals surface area contributed by atoms with Crippen molar-refractivity contribution in [3.05, 3.63) is 66.5 Å². The Bertz CT molecular complexity index is 948. The molecule has 0 aliphatic carbocycles. The lowest BCUT2D eigenvalue weighted by atomic mass is 10.1. The van der Waals surface area contributed by atoms with Crippen LogP contribution in [0.3, 0.4) is 0 Å². The number of imidazole rings is 1. The Morgan fingerprint density at radius 3 is 2.64 bits per heavy atom. The molecule has 0 unspecified atom stereocenters. The zero-order valence-corrected chi connectivity index (χ0v) is 12.2. The van der Waals surface area contributed by atoms with Crippen LogP contribution in [0.25, 0.3) is 28.1 Å². The molecule has 2 aromatic carbocycles. The van der Waals surface area contributed by atoms with Crippen molar-refractivity contribution in [3.8, 4) is 17.1 Å². The zero-order chi connectivity index (χ0) is 15.1. The van der Waals surface area contributed by atoms with E-state index in [1.807, 2.05) is 36.4 Å². The van der Waals surface area contributed by atoms with Crippen LogP contribution in [0.5, 0.6) is 0 Å². The number of aromatic amines is 1. The lowest BCUT2D eigenvalue weighted by Gasteiger charge is -2.00. The maximum atomic E-state index is 5.83. The third kappa shape index (κ3) is 2.05. The van der Waals surface area contributed by atoms with E-state index in [1.54, 1.807) is 0 Å². The highest BCUT2D eigenvalue weighted by atomic mass is 15.2. The molecule has 0 spiro atoms. The predicted octanol–water partition coefficient (Wildman–Crippen LogP) is 3.91. The third-order valence-corrected chi connectivity index (χ3v) is 3.84. The average Bonchev–Trinajstić information content (AvgIpc) is 3.11. The number of nitrogen functional groups attached to an aromatic ring is 1. The van der Waals surface area contributed by atoms with Gasteiger partial charge in [-0.05, 0) is 36.8 Å². The summed E-state index contributed by atoms with van der Waals surface area (Å²) in [5.74, 6) is 0.806. The van der Waals surface area contributed by atoms with Gasteiger partial charge >= 0.3 is 0 Å². The first-order valence-corrected chi connectivity index (χ1v) is 7.21. The van der Waals surface area contributed by atoms with E-state index in [0.29, 0.717) is 0 Å². The number of aromatic nitrogens is 3. The number of nitrogens with one attached hydrogen (secondary N) is 1. The number of H-pyrrole nitrogens is 1. The number of benzene rings is 2. The Kier molecular flexibility index (Phi) is 2.76. The van der Waals surface area contributed by atoms with Crippen LogP contribution in [0.15, 0.2) is 60.8 Å². The van der Waals surface area contributed by atoms with Crippen molar-refractivity contribution in [2.24, 2.45) is 0 Å². The minimum atomic E-state index is 0.733. The maximum Gasteiger partial charge on any atom is 0.212 e. The summed E-state index contributed by atoms with van der Waals surface area (Å²) in [7, 11) is 0. The molecule has 22 heavy (non-hydrogen) atoms. The molecule has 0 atom stereocenters. The molecule has 0 fully saturated rings. The van der Waals surface area contributed by atoms with Gasteiger partial charge in [0.2, 0.25) is 5.95 Å². The zero-order valence-electron chi connectivity index (χ0n) is 12.2. The lowest BCUT2D eigenvalue weighted by Crippen LogP contribution is -1.96. The van der Waals surface area contributed by atoms with E-state index < -0.39 is 0 Å². The van der Waals surface area contributed by atoms with Gasteiger partial charge in [-0.3, -0.25) is 4.57 Å². The first-order chi connectivity index (χ1) is 10.7. The van der Waals surface area contributed by atoms with Crippen molar-refractivity contribution in [1.82, 2.24) is 14.5 Å². The van der Waals surface area contributed by atoms with Crippen LogP contribution in [0, 0.1) is 6.92 Å². The minimum Gasteiger partial charge on any atom is -0.399 e. The van der Waals surface area contributed by atoms with Gasteiger partial charge in [0.25, 0.3) is 0 Å². The van der Waals surface area contributed by atoms with Gasteiger partial charge in [-0.1, -0.05) is 30.3 Å². The third-order valence-electron chi connectivity index (χ3n) is 3.84. The number of nitrogens with two attached hydrogens (primary N) is 1. The van der Waals surface area contributed by atoms with Crippen LogP contribution in [0.2, 0.25) is 0 Å². The summed E-state index contributed by atoms with van der Waals surface area (Å²) in [5.41, 5.74) is 11.9. The number of anilines is 1. The molecular formula is C18H16N4. The fourth-order valence-corrected chi connectivity index (χ4v) is 2.72. The molecule has 3 N–H and O–H groups in total. The summed E-state index contributed by atoms with van der Waals surface area (Å²) < 4.78 is 2.07. The smallest absolute Gasteiger partial charge is 0.212 e. The van der Waals surface area contributed by atoms with E-state index in [9.17, 15) is 0 Å². The lowest BCUT2D eigenvalue weighted by molar-refractivity contribution is 0.939. The largest absolute Gasteiger partial charge is 0.399 e. The van der Waals surface area contributed by atoms with E-state index >= 15 is 0 Å². The Hall–Kier alpha value is -3.01. The molecule has 4 aromatic rings. The number of fused-ring (bicyclic) bond motifs is 1. The van der Waals surface area contributed by atoms with Crippen molar-refractivity contribution < 1.29 is 0 Å². The first kappa shape index (κ1) is 12.7. The van der Waals surface area contributed by atoms with Gasteiger partial charge < -0.3 is 10.7 Å². The molecule has 4 heteroatoms. The van der Waals surface area contributed by atoms with Crippen molar-refractivity contribution in [3.63, 3.8) is 0 Å². The van der Waals surface area contributed by atoms with Crippen LogP contribution >= 0.6 is 0 Å². The Balaban J connectivity index is 1.83. The molecule has 0 saturated heterocycles. The summed E-state index contributed by atoms with van der Waals surface area (Å²) in [6, 6.07) is 18.2. The summed E-state index contributed by atoms with van der Waals surface area (Å²) in [4.78, 5) is 7.97. The molecule has 108 valence electrons. The van der Waals surface area contributed by atoms with E-state index in [-0.39, 0.29) is 0 Å². The maximum absolute atomic E-state index is 5.83. The summed E-state index contributed by atoms with van der Waals surface area (Å²) >= 11 is 0. The second-order valence-electron chi connectivity index (χ2n) is 5.44. The molecule has 0 bridgehead atoms. The van der Waals surface area contributed by atoms with Crippen LogP contribution in [-0.2, 0) is 0 Å². The van der Waals surface area contributed by atoms with Gasteiger partial charge in [0.05, 0.1) is 11.0 Å². The van der Waals surface area contributed by atoms with Gasteiger partial charge in [-0.25, -0.2) is 4.98 Å². The topological polar surface area (TPSA) is 59.6 Å². The van der Waals surface area contributed by atoms with Gasteiger partial charge in [-0.2, -0.15) is 0 Å². The fourth-order valence-electron chi connectivity index (χ4n) is 2.72. The molecule has 4 rings (SSSR count). The van der Waals surface area contributed by atoms with Gasteiger partial charge in [-0.15, -0.1) is 0 Å². The molecule has 4 nitrogen and oxygen atoms in total. The monoisotopic (exact) mass is 288 g/mol. The van der Waals surface area contributed by atoms with Crippen LogP contribution in [-0.4, -0.2) is 14.5 Å². The average molecular weight is 288 g/mol. The van der Waals surface area contributed by atoms with E-state index in [2.05, 4.69) is 45.9 Å². The minimum absolute atomic E-state index is 0.733. The standard InChI is InChI=1S/C18H16N4/c1-12-9-14(13-5-3-2-4-6-13)11-22(12)18-20-16-8-7-15(19)10-17(16)21-18/h2-11H,19H2,1H3,(H,20,21). The highest BCUT2D eigenvalue weighted by molar-refractivity contribution is 5.80. The molecule has 0 saturated carbocycles. The summed E-state index contributed by atoms with van der Waals surface area (Å²) in [5, 5.41) is 0. The Morgan fingerprint density at radius 2 is 1.82 bits per heavy atom. The van der Waals surface area contributed by atoms with Crippen molar-refractivity contribution in [2.75, 3.05) is 5.73 Å². The molecule has 2 aromatic heterocycles. The van der Waals surface area contributed by atoms with Crippen molar-refractivity contribution in [2.45, 2.75) is 6.92 Å². The van der Waals surface area contributed by atoms with Gasteiger partial charge in [0.15, 0.2) is 0 Å². The second-order valence-corrected chi connectivity index (χ2v) is 5.44. The number of hydrogen-bond donors (Lipinski definition) is 2. The normalized spacial score (nSPS) is 11.1. The van der Waals surface area contributed by atoms with E-state index in [4.69, 9.17) is 5.73 Å². The number of hydrogen-bond acceptors (Lipinski definition) is 2. The van der Waals surface area contributed by atoms with Gasteiger partial charge in [0, 0.05) is 23.1 Å². The highest BCUT2D eigenvalue weighted by Gasteiger charge is 2.10. The SMILES string of the molecule is Cc1cc(-c2ccccc2)cn1-c1nc2ccc(N)cc2[nH]1. The molecule has 2 heterocycles. The quantitative estimate of drug-likeness (QED) is 0.549. The van der Waals surface area contributed by atoms with Crippen LogP contribution < -0.4 is 5.73 Å². The summed E-state index contributed by atoms with van der Waals surface area (Å²) in [6.07, 6.45) is 2.10. The van der Waals surface area contributed by atoms with Gasteiger partial charge in [0.1, 0.15) is 0 Å². The first-order valence-electron chi connectivity index (χ1n) is 7.21. The number of rotatable bonds is 2. The van der Waals surface area contributed by atoms with E-state index in [1.165, 1.54) is 11.1 Å². The summed E-state index contributed by atoms with van der Waals surface area (Å²) in [6.45, 7) is 2.08. The number of aryl methyl sites for hydroxylation is 1. The van der Waals surface area contributed by atoms with Crippen LogP contribution in [0.4, 0.5) is 5.69 Å². The molecule has 0 aliphatic rings. The van der Waals surface area contributed by atoms with E-state index in [0.717, 1.165) is 28.4 Å². The molecular weight excluding hydrogens is 272 g/mol. The molecule has 0 amide bonds. The Morgan fingerprint density at radius 1 is 1.00 bits per heavy atom. The molecule has 0 radical (unpaired) electrons. The highest BCUT2D eigenvalue weighted by Crippen LogP contribution is 2.24. The fraction of sp³-hybridized carbons (Fsp3) is 0.0556. The predicted molar refractivity (Wildman–Crippen MR) is 90.0 cm³/mol. The second kappa shape index (κ2) is 4.77. The van der Waals surface area contributed by atoms with Crippen molar-refractivity contribution in [1.29, 1.82) is 0 Å². The molecule has 0 aliphatic heterocycles. The van der Waals surface area contributed by atoms with Crippen molar-refractivity contribution >= 4 is 16.7 Å². The number of nitrogens with zero attached hydrogens (tertiary/aromatic N) is 2.